The van der Waals surface area contributed by atoms with Crippen LogP contribution in [-0.4, -0.2) is 17.9 Å². The smallest absolute Gasteiger partial charge is 0.135 e. The molecule has 0 aliphatic carbocycles. The highest BCUT2D eigenvalue weighted by Gasteiger charge is 2.12. The first-order valence-electron chi connectivity index (χ1n) is 6.12. The summed E-state index contributed by atoms with van der Waals surface area (Å²) in [5.74, 6) is 1.05. The van der Waals surface area contributed by atoms with Gasteiger partial charge in [-0.3, -0.25) is 4.79 Å². The van der Waals surface area contributed by atoms with E-state index < -0.39 is 0 Å². The average Bonchev–Trinajstić information content (AvgIpc) is 2.70. The molecule has 0 saturated heterocycles. The molecule has 0 spiro atoms. The predicted molar refractivity (Wildman–Crippen MR) is 78.0 cm³/mol. The molecule has 0 unspecified atom stereocenters. The summed E-state index contributed by atoms with van der Waals surface area (Å²) in [6.07, 6.45) is 0.471. The third-order valence-corrected chi connectivity index (χ3v) is 4.15. The predicted octanol–water partition coefficient (Wildman–Crippen LogP) is 3.57. The number of ketones is 1. The number of carbonyl (C=O) groups is 1. The van der Waals surface area contributed by atoms with Gasteiger partial charge in [-0.05, 0) is 44.5 Å². The monoisotopic (exact) mass is 275 g/mol. The molecule has 4 heteroatoms. The topological polar surface area (TPSA) is 39.2 Å². The Morgan fingerprint density at radius 3 is 2.68 bits per heavy atom. The van der Waals surface area contributed by atoms with E-state index in [9.17, 15) is 4.79 Å². The minimum atomic E-state index is 0.171. The van der Waals surface area contributed by atoms with Crippen LogP contribution in [0, 0.1) is 13.8 Å². The van der Waals surface area contributed by atoms with Gasteiger partial charge in [0.1, 0.15) is 16.5 Å². The highest BCUT2D eigenvalue weighted by atomic mass is 32.1. The number of Topliss-reactive ketones (excluding diaryl/α,β-unsaturated/α-hetero) is 1. The van der Waals surface area contributed by atoms with Crippen molar-refractivity contribution in [2.45, 2.75) is 27.2 Å². The Morgan fingerprint density at radius 2 is 2.11 bits per heavy atom. The van der Waals surface area contributed by atoms with Gasteiger partial charge in [-0.1, -0.05) is 0 Å². The number of nitrogens with zero attached hydrogens (tertiary/aromatic N) is 1. The first-order chi connectivity index (χ1) is 9.01. The van der Waals surface area contributed by atoms with Crippen LogP contribution in [0.15, 0.2) is 18.2 Å². The fourth-order valence-corrected chi connectivity index (χ4v) is 3.08. The minimum Gasteiger partial charge on any atom is -0.496 e. The quantitative estimate of drug-likeness (QED) is 0.856. The second-order valence-electron chi connectivity index (χ2n) is 4.59. The Hall–Kier alpha value is -1.68. The van der Waals surface area contributed by atoms with E-state index in [1.165, 1.54) is 0 Å². The van der Waals surface area contributed by atoms with E-state index in [1.54, 1.807) is 25.4 Å². The Kier molecular flexibility index (Phi) is 4.00. The van der Waals surface area contributed by atoms with Gasteiger partial charge < -0.3 is 4.74 Å². The lowest BCUT2D eigenvalue weighted by atomic mass is 10.1. The van der Waals surface area contributed by atoms with Crippen LogP contribution in [0.3, 0.4) is 0 Å². The molecule has 0 aliphatic heterocycles. The molecule has 0 fully saturated rings. The Morgan fingerprint density at radius 1 is 1.37 bits per heavy atom. The molecule has 0 atom stereocenters. The van der Waals surface area contributed by atoms with Gasteiger partial charge in [0.25, 0.3) is 0 Å². The molecule has 0 bridgehead atoms. The molecule has 0 N–H and O–H groups in total. The van der Waals surface area contributed by atoms with Crippen LogP contribution in [0.5, 0.6) is 5.75 Å². The molecule has 100 valence electrons. The number of hydrogen-bond donors (Lipinski definition) is 0. The maximum absolute atomic E-state index is 11.2. The van der Waals surface area contributed by atoms with Gasteiger partial charge in [-0.15, -0.1) is 11.3 Å². The third-order valence-electron chi connectivity index (χ3n) is 2.94. The van der Waals surface area contributed by atoms with Crippen molar-refractivity contribution in [2.75, 3.05) is 7.11 Å². The second-order valence-corrected chi connectivity index (χ2v) is 5.67. The number of carbonyl (C=O) groups excluding carboxylic acids is 1. The largest absolute Gasteiger partial charge is 0.496 e. The molecule has 1 aromatic carbocycles. The zero-order valence-electron chi connectivity index (χ0n) is 11.6. The standard InChI is InChI=1S/C15H17NO2S/c1-9-7-12(5-6-13(9)18-4)15-16-11(3)14(19-15)8-10(2)17/h5-7H,8H2,1-4H3. The summed E-state index contributed by atoms with van der Waals surface area (Å²) >= 11 is 1.59. The van der Waals surface area contributed by atoms with E-state index in [4.69, 9.17) is 4.74 Å². The summed E-state index contributed by atoms with van der Waals surface area (Å²) in [6.45, 7) is 5.57. The molecule has 0 aliphatic rings. The van der Waals surface area contributed by atoms with Crippen molar-refractivity contribution >= 4 is 17.1 Å². The van der Waals surface area contributed by atoms with Gasteiger partial charge in [-0.2, -0.15) is 0 Å². The van der Waals surface area contributed by atoms with Crippen LogP contribution in [0.25, 0.3) is 10.6 Å². The fraction of sp³-hybridized carbons (Fsp3) is 0.333. The summed E-state index contributed by atoms with van der Waals surface area (Å²) in [6, 6.07) is 6.02. The molecular weight excluding hydrogens is 258 g/mol. The van der Waals surface area contributed by atoms with Crippen LogP contribution < -0.4 is 4.74 Å². The van der Waals surface area contributed by atoms with E-state index in [2.05, 4.69) is 11.1 Å². The molecular formula is C15H17NO2S. The zero-order chi connectivity index (χ0) is 14.0. The van der Waals surface area contributed by atoms with E-state index in [0.29, 0.717) is 6.42 Å². The highest BCUT2D eigenvalue weighted by molar-refractivity contribution is 7.15. The molecule has 0 saturated carbocycles. The summed E-state index contributed by atoms with van der Waals surface area (Å²) in [7, 11) is 1.67. The van der Waals surface area contributed by atoms with Crippen molar-refractivity contribution < 1.29 is 9.53 Å². The molecule has 3 nitrogen and oxygen atoms in total. The number of aryl methyl sites for hydroxylation is 2. The first-order valence-corrected chi connectivity index (χ1v) is 6.93. The maximum Gasteiger partial charge on any atom is 0.135 e. The van der Waals surface area contributed by atoms with Crippen LogP contribution >= 0.6 is 11.3 Å². The van der Waals surface area contributed by atoms with Crippen molar-refractivity contribution in [3.63, 3.8) is 0 Å². The number of benzene rings is 1. The minimum absolute atomic E-state index is 0.171. The molecule has 0 amide bonds. The number of rotatable bonds is 4. The third kappa shape index (κ3) is 3.01. The van der Waals surface area contributed by atoms with Gasteiger partial charge >= 0.3 is 0 Å². The number of thiazole rings is 1. The summed E-state index contributed by atoms with van der Waals surface area (Å²) in [5, 5.41) is 0.958. The van der Waals surface area contributed by atoms with Crippen molar-refractivity contribution in [3.05, 3.63) is 34.3 Å². The maximum atomic E-state index is 11.2. The second kappa shape index (κ2) is 5.53. The SMILES string of the molecule is COc1ccc(-c2nc(C)c(CC(C)=O)s2)cc1C. The van der Waals surface area contributed by atoms with Crippen LogP contribution in [0.4, 0.5) is 0 Å². The van der Waals surface area contributed by atoms with Gasteiger partial charge in [-0.25, -0.2) is 4.98 Å². The normalized spacial score (nSPS) is 10.5. The fourth-order valence-electron chi connectivity index (χ4n) is 1.95. The summed E-state index contributed by atoms with van der Waals surface area (Å²) in [4.78, 5) is 16.8. The van der Waals surface area contributed by atoms with Gasteiger partial charge in [0.2, 0.25) is 0 Å². The summed E-state index contributed by atoms with van der Waals surface area (Å²) < 4.78 is 5.26. The Labute approximate surface area is 117 Å². The van der Waals surface area contributed by atoms with Crippen molar-refractivity contribution in [1.82, 2.24) is 4.98 Å². The number of hydrogen-bond acceptors (Lipinski definition) is 4. The van der Waals surface area contributed by atoms with Gasteiger partial charge in [0.15, 0.2) is 0 Å². The Balaban J connectivity index is 2.37. The lowest BCUT2D eigenvalue weighted by Crippen LogP contribution is -1.95. The van der Waals surface area contributed by atoms with E-state index in [0.717, 1.165) is 32.5 Å². The lowest BCUT2D eigenvalue weighted by molar-refractivity contribution is -0.116. The summed E-state index contributed by atoms with van der Waals surface area (Å²) in [5.41, 5.74) is 3.10. The van der Waals surface area contributed by atoms with Crippen LogP contribution in [0.1, 0.15) is 23.1 Å². The molecule has 0 radical (unpaired) electrons. The molecule has 2 aromatic rings. The molecule has 1 aromatic heterocycles. The van der Waals surface area contributed by atoms with Crippen LogP contribution in [-0.2, 0) is 11.2 Å². The van der Waals surface area contributed by atoms with E-state index >= 15 is 0 Å². The van der Waals surface area contributed by atoms with Crippen molar-refractivity contribution in [3.8, 4) is 16.3 Å². The number of methoxy groups -OCH3 is 1. The lowest BCUT2D eigenvalue weighted by Gasteiger charge is -2.05. The first kappa shape index (κ1) is 13.7. The number of aromatic nitrogens is 1. The molecule has 1 heterocycles. The van der Waals surface area contributed by atoms with Gasteiger partial charge in [0, 0.05) is 16.9 Å². The van der Waals surface area contributed by atoms with E-state index in [1.807, 2.05) is 26.0 Å². The number of ether oxygens (including phenoxy) is 1. The zero-order valence-corrected chi connectivity index (χ0v) is 12.4. The highest BCUT2D eigenvalue weighted by Crippen LogP contribution is 2.31. The molecule has 2 rings (SSSR count). The van der Waals surface area contributed by atoms with Gasteiger partial charge in [0.05, 0.1) is 12.8 Å². The van der Waals surface area contributed by atoms with Crippen molar-refractivity contribution in [1.29, 1.82) is 0 Å². The Bertz CT molecular complexity index is 617. The van der Waals surface area contributed by atoms with Crippen molar-refractivity contribution in [2.24, 2.45) is 0 Å². The van der Waals surface area contributed by atoms with Crippen LogP contribution in [0.2, 0.25) is 0 Å². The molecule has 19 heavy (non-hydrogen) atoms. The average molecular weight is 275 g/mol. The van der Waals surface area contributed by atoms with E-state index in [-0.39, 0.29) is 5.78 Å².